The molecule has 0 spiro atoms. The van der Waals surface area contributed by atoms with Gasteiger partial charge in [0.1, 0.15) is 0 Å². The Labute approximate surface area is 111 Å². The molecule has 0 aromatic carbocycles. The van der Waals surface area contributed by atoms with Crippen LogP contribution >= 0.6 is 0 Å². The zero-order valence-electron chi connectivity index (χ0n) is 12.4. The molecule has 1 aliphatic rings. The number of unbranched alkanes of at least 4 members (excludes halogenated alkanes) is 1. The smallest absolute Gasteiger partial charge is 0.315 e. The predicted octanol–water partition coefficient (Wildman–Crippen LogP) is 2.35. The number of urea groups is 1. The van der Waals surface area contributed by atoms with Crippen LogP contribution in [0.5, 0.6) is 0 Å². The van der Waals surface area contributed by atoms with E-state index in [1.54, 1.807) is 0 Å². The number of nitrogens with one attached hydrogen (secondary N) is 2. The number of carbonyl (C=O) groups excluding carboxylic acids is 1. The van der Waals surface area contributed by atoms with Crippen LogP contribution in [0.25, 0.3) is 0 Å². The van der Waals surface area contributed by atoms with Crippen molar-refractivity contribution in [1.29, 1.82) is 0 Å². The van der Waals surface area contributed by atoms with E-state index in [4.69, 9.17) is 0 Å². The fraction of sp³-hybridized carbons (Fsp3) is 0.929. The van der Waals surface area contributed by atoms with Gasteiger partial charge in [-0.05, 0) is 40.0 Å². The highest BCUT2D eigenvalue weighted by molar-refractivity contribution is 5.74. The zero-order valence-corrected chi connectivity index (χ0v) is 12.4. The van der Waals surface area contributed by atoms with E-state index in [1.165, 1.54) is 0 Å². The second kappa shape index (κ2) is 6.98. The minimum absolute atomic E-state index is 0.00217. The molecule has 1 heterocycles. The van der Waals surface area contributed by atoms with Crippen molar-refractivity contribution in [2.24, 2.45) is 0 Å². The van der Waals surface area contributed by atoms with Crippen molar-refractivity contribution in [2.45, 2.75) is 65.0 Å². The third kappa shape index (κ3) is 5.25. The molecule has 4 nitrogen and oxygen atoms in total. The summed E-state index contributed by atoms with van der Waals surface area (Å²) in [5.41, 5.74) is 0.244. The fourth-order valence-corrected chi connectivity index (χ4v) is 2.31. The molecule has 0 atom stereocenters. The Hall–Kier alpha value is -0.770. The molecule has 1 fully saturated rings. The van der Waals surface area contributed by atoms with Gasteiger partial charge in [-0.2, -0.15) is 0 Å². The van der Waals surface area contributed by atoms with Crippen LogP contribution < -0.4 is 10.6 Å². The van der Waals surface area contributed by atoms with E-state index in [-0.39, 0.29) is 11.6 Å². The monoisotopic (exact) mass is 255 g/mol. The van der Waals surface area contributed by atoms with Crippen LogP contribution in [0.15, 0.2) is 0 Å². The van der Waals surface area contributed by atoms with Gasteiger partial charge in [0, 0.05) is 31.2 Å². The van der Waals surface area contributed by atoms with E-state index < -0.39 is 0 Å². The van der Waals surface area contributed by atoms with Gasteiger partial charge in [0.05, 0.1) is 0 Å². The summed E-state index contributed by atoms with van der Waals surface area (Å²) in [6.45, 7) is 11.8. The fourth-order valence-electron chi connectivity index (χ4n) is 2.31. The van der Waals surface area contributed by atoms with Crippen LogP contribution in [-0.2, 0) is 0 Å². The van der Waals surface area contributed by atoms with Gasteiger partial charge < -0.3 is 10.6 Å². The summed E-state index contributed by atoms with van der Waals surface area (Å²) in [5.74, 6) is 0. The second-order valence-electron chi connectivity index (χ2n) is 6.19. The molecule has 1 saturated heterocycles. The first kappa shape index (κ1) is 15.3. The molecular weight excluding hydrogens is 226 g/mol. The van der Waals surface area contributed by atoms with Gasteiger partial charge in [0.15, 0.2) is 0 Å². The molecule has 0 aromatic rings. The maximum Gasteiger partial charge on any atom is 0.315 e. The Morgan fingerprint density at radius 1 is 1.28 bits per heavy atom. The lowest BCUT2D eigenvalue weighted by molar-refractivity contribution is 0.0978. The van der Waals surface area contributed by atoms with Crippen LogP contribution in [0.2, 0.25) is 0 Å². The molecular formula is C14H29N3O. The molecule has 2 amide bonds. The molecule has 0 unspecified atom stereocenters. The number of carbonyl (C=O) groups is 1. The summed E-state index contributed by atoms with van der Waals surface area (Å²) >= 11 is 0. The Morgan fingerprint density at radius 2 is 1.89 bits per heavy atom. The van der Waals surface area contributed by atoms with Crippen molar-refractivity contribution >= 4 is 6.03 Å². The molecule has 0 bridgehead atoms. The van der Waals surface area contributed by atoms with Crippen molar-refractivity contribution in [2.75, 3.05) is 19.6 Å². The van der Waals surface area contributed by atoms with Crippen molar-refractivity contribution in [3.05, 3.63) is 0 Å². The molecule has 0 radical (unpaired) electrons. The van der Waals surface area contributed by atoms with Gasteiger partial charge in [0.2, 0.25) is 0 Å². The number of likely N-dealkylation sites (tertiary alicyclic amines) is 1. The molecule has 0 aromatic heterocycles. The zero-order chi connectivity index (χ0) is 13.6. The Kier molecular flexibility index (Phi) is 5.93. The highest BCUT2D eigenvalue weighted by Gasteiger charge is 2.27. The molecule has 0 saturated carbocycles. The topological polar surface area (TPSA) is 44.4 Å². The van der Waals surface area contributed by atoms with Crippen LogP contribution in [0, 0.1) is 0 Å². The van der Waals surface area contributed by atoms with E-state index in [0.717, 1.165) is 45.3 Å². The van der Waals surface area contributed by atoms with Crippen molar-refractivity contribution < 1.29 is 4.79 Å². The minimum Gasteiger partial charge on any atom is -0.338 e. The first-order valence-corrected chi connectivity index (χ1v) is 7.23. The standard InChI is InChI=1S/C14H29N3O/c1-5-6-9-15-13(18)16-12-7-10-17(11-8-12)14(2,3)4/h12H,5-11H2,1-4H3,(H2,15,16,18). The van der Waals surface area contributed by atoms with Crippen molar-refractivity contribution in [3.63, 3.8) is 0 Å². The molecule has 18 heavy (non-hydrogen) atoms. The third-order valence-corrected chi connectivity index (χ3v) is 3.59. The highest BCUT2D eigenvalue weighted by Crippen LogP contribution is 2.19. The van der Waals surface area contributed by atoms with Crippen molar-refractivity contribution in [1.82, 2.24) is 15.5 Å². The first-order valence-electron chi connectivity index (χ1n) is 7.23. The van der Waals surface area contributed by atoms with E-state index in [1.807, 2.05) is 0 Å². The summed E-state index contributed by atoms with van der Waals surface area (Å²) in [7, 11) is 0. The SMILES string of the molecule is CCCCNC(=O)NC1CCN(C(C)(C)C)CC1. The average Bonchev–Trinajstić information content (AvgIpc) is 2.29. The van der Waals surface area contributed by atoms with Gasteiger partial charge in [-0.15, -0.1) is 0 Å². The highest BCUT2D eigenvalue weighted by atomic mass is 16.2. The summed E-state index contributed by atoms with van der Waals surface area (Å²) in [6, 6.07) is 0.336. The summed E-state index contributed by atoms with van der Waals surface area (Å²) in [6.07, 6.45) is 4.27. The Bertz CT molecular complexity index is 252. The Balaban J connectivity index is 2.21. The number of hydrogen-bond acceptors (Lipinski definition) is 2. The van der Waals surface area contributed by atoms with Crippen LogP contribution in [-0.4, -0.2) is 42.1 Å². The van der Waals surface area contributed by atoms with Crippen LogP contribution in [0.3, 0.4) is 0 Å². The molecule has 1 rings (SSSR count). The lowest BCUT2D eigenvalue weighted by atomic mass is 9.98. The van der Waals surface area contributed by atoms with Gasteiger partial charge in [-0.1, -0.05) is 13.3 Å². The van der Waals surface area contributed by atoms with E-state index in [9.17, 15) is 4.79 Å². The maximum atomic E-state index is 11.6. The summed E-state index contributed by atoms with van der Waals surface area (Å²) < 4.78 is 0. The molecule has 2 N–H and O–H groups in total. The normalized spacial score (nSPS) is 18.7. The largest absolute Gasteiger partial charge is 0.338 e. The molecule has 4 heteroatoms. The Morgan fingerprint density at radius 3 is 2.39 bits per heavy atom. The second-order valence-corrected chi connectivity index (χ2v) is 6.19. The van der Waals surface area contributed by atoms with Gasteiger partial charge in [-0.25, -0.2) is 4.79 Å². The van der Waals surface area contributed by atoms with Gasteiger partial charge >= 0.3 is 6.03 Å². The first-order chi connectivity index (χ1) is 8.43. The maximum absolute atomic E-state index is 11.6. The van der Waals surface area contributed by atoms with Gasteiger partial charge in [0.25, 0.3) is 0 Å². The number of nitrogens with zero attached hydrogens (tertiary/aromatic N) is 1. The minimum atomic E-state index is -0.00217. The molecule has 1 aliphatic heterocycles. The van der Waals surface area contributed by atoms with Crippen LogP contribution in [0.1, 0.15) is 53.4 Å². The van der Waals surface area contributed by atoms with Gasteiger partial charge in [-0.3, -0.25) is 4.90 Å². The number of rotatable bonds is 4. The summed E-state index contributed by atoms with van der Waals surface area (Å²) in [5, 5.41) is 5.98. The molecule has 0 aliphatic carbocycles. The van der Waals surface area contributed by atoms with E-state index in [0.29, 0.717) is 6.04 Å². The van der Waals surface area contributed by atoms with Crippen molar-refractivity contribution in [3.8, 4) is 0 Å². The van der Waals surface area contributed by atoms with E-state index in [2.05, 4.69) is 43.2 Å². The summed E-state index contributed by atoms with van der Waals surface area (Å²) in [4.78, 5) is 14.1. The average molecular weight is 255 g/mol. The number of hydrogen-bond donors (Lipinski definition) is 2. The lowest BCUT2D eigenvalue weighted by Crippen LogP contribution is -2.52. The quantitative estimate of drug-likeness (QED) is 0.757. The van der Waals surface area contributed by atoms with Crippen LogP contribution in [0.4, 0.5) is 4.79 Å². The predicted molar refractivity (Wildman–Crippen MR) is 75.8 cm³/mol. The molecule has 106 valence electrons. The number of piperidine rings is 1. The third-order valence-electron chi connectivity index (χ3n) is 3.59. The van der Waals surface area contributed by atoms with E-state index >= 15 is 0 Å². The lowest BCUT2D eigenvalue weighted by Gasteiger charge is -2.41. The number of amides is 2.